The van der Waals surface area contributed by atoms with E-state index >= 15 is 0 Å². The highest BCUT2D eigenvalue weighted by atomic mass is 35.5. The lowest BCUT2D eigenvalue weighted by atomic mass is 9.85. The summed E-state index contributed by atoms with van der Waals surface area (Å²) in [6, 6.07) is 13.3. The zero-order chi connectivity index (χ0) is 20.0. The molecule has 7 heteroatoms. The number of benzene rings is 2. The van der Waals surface area contributed by atoms with Crippen molar-refractivity contribution in [2.45, 2.75) is 26.7 Å². The highest BCUT2D eigenvalue weighted by Crippen LogP contribution is 2.26. The number of hydrogen-bond acceptors (Lipinski definition) is 3. The minimum Gasteiger partial charge on any atom is -0.481 e. The second-order valence-corrected chi connectivity index (χ2v) is 7.40. The lowest BCUT2D eigenvalue weighted by Gasteiger charge is -2.22. The topological polar surface area (TPSA) is 95.5 Å². The number of carboxylic acid groups (broad SMARTS) is 1. The van der Waals surface area contributed by atoms with Gasteiger partial charge in [-0.05, 0) is 41.8 Å². The summed E-state index contributed by atoms with van der Waals surface area (Å²) in [7, 11) is 0. The van der Waals surface area contributed by atoms with Crippen LogP contribution in [0.4, 0.5) is 11.4 Å². The first-order chi connectivity index (χ1) is 12.7. The van der Waals surface area contributed by atoms with Gasteiger partial charge in [-0.15, -0.1) is 0 Å². The highest BCUT2D eigenvalue weighted by Gasteiger charge is 2.25. The smallest absolute Gasteiger partial charge is 0.303 e. The predicted octanol–water partition coefficient (Wildman–Crippen LogP) is 4.42. The van der Waals surface area contributed by atoms with E-state index < -0.39 is 11.4 Å². The van der Waals surface area contributed by atoms with Crippen LogP contribution < -0.4 is 10.6 Å². The number of anilines is 2. The second-order valence-electron chi connectivity index (χ2n) is 6.97. The van der Waals surface area contributed by atoms with Gasteiger partial charge in [-0.25, -0.2) is 0 Å². The maximum Gasteiger partial charge on any atom is 0.303 e. The Bertz CT molecular complexity index is 847. The summed E-state index contributed by atoms with van der Waals surface area (Å²) >= 11 is 5.84. The minimum atomic E-state index is -0.962. The first-order valence-corrected chi connectivity index (χ1v) is 8.72. The van der Waals surface area contributed by atoms with Crippen LogP contribution >= 0.6 is 11.6 Å². The van der Waals surface area contributed by atoms with E-state index in [9.17, 15) is 14.4 Å². The van der Waals surface area contributed by atoms with Crippen molar-refractivity contribution in [3.05, 3.63) is 59.1 Å². The van der Waals surface area contributed by atoms with Gasteiger partial charge in [0.05, 0.1) is 17.7 Å². The Hall–Kier alpha value is -2.86. The molecule has 0 spiro atoms. The van der Waals surface area contributed by atoms with Gasteiger partial charge in [-0.3, -0.25) is 14.4 Å². The Balaban J connectivity index is 2.10. The average Bonchev–Trinajstić information content (AvgIpc) is 2.55. The van der Waals surface area contributed by atoms with E-state index in [0.717, 1.165) is 0 Å². The van der Waals surface area contributed by atoms with Gasteiger partial charge in [-0.2, -0.15) is 0 Å². The molecule has 0 aliphatic heterocycles. The maximum atomic E-state index is 12.6. The summed E-state index contributed by atoms with van der Waals surface area (Å²) in [6.45, 7) is 3.42. The Morgan fingerprint density at radius 1 is 0.963 bits per heavy atom. The summed E-state index contributed by atoms with van der Waals surface area (Å²) in [5.41, 5.74) is 0.543. The molecule has 0 atom stereocenters. The van der Waals surface area contributed by atoms with Crippen LogP contribution in [0.3, 0.4) is 0 Å². The zero-order valence-electron chi connectivity index (χ0n) is 15.1. The molecule has 0 fully saturated rings. The summed E-state index contributed by atoms with van der Waals surface area (Å²) in [4.78, 5) is 35.8. The van der Waals surface area contributed by atoms with Crippen LogP contribution in [0, 0.1) is 5.41 Å². The molecule has 0 aromatic heterocycles. The van der Waals surface area contributed by atoms with Crippen LogP contribution in [0.2, 0.25) is 5.02 Å². The molecule has 0 heterocycles. The standard InChI is InChI=1S/C20H21ClN2O4/c1-20(2,12-18(25)26)11-17(24)23-16-6-4-3-5-15(16)19(27)22-14-9-7-13(21)8-10-14/h3-10H,11-12H2,1-2H3,(H,22,27)(H,23,24)(H,25,26). The molecule has 0 saturated heterocycles. The summed E-state index contributed by atoms with van der Waals surface area (Å²) in [5.74, 6) is -1.69. The third-order valence-corrected chi connectivity index (χ3v) is 4.07. The number of carboxylic acids is 1. The van der Waals surface area contributed by atoms with Gasteiger partial charge in [-0.1, -0.05) is 37.6 Å². The number of hydrogen-bond donors (Lipinski definition) is 3. The summed E-state index contributed by atoms with van der Waals surface area (Å²) < 4.78 is 0. The van der Waals surface area contributed by atoms with Gasteiger partial charge in [0.15, 0.2) is 0 Å². The average molecular weight is 389 g/mol. The van der Waals surface area contributed by atoms with Gasteiger partial charge >= 0.3 is 5.97 Å². The Labute approximate surface area is 162 Å². The van der Waals surface area contributed by atoms with Crippen LogP contribution in [0.5, 0.6) is 0 Å². The molecular weight excluding hydrogens is 368 g/mol. The van der Waals surface area contributed by atoms with Crippen molar-refractivity contribution in [3.63, 3.8) is 0 Å². The van der Waals surface area contributed by atoms with Crippen LogP contribution in [0.25, 0.3) is 0 Å². The van der Waals surface area contributed by atoms with Gasteiger partial charge in [0.25, 0.3) is 5.91 Å². The normalized spacial score (nSPS) is 10.9. The fourth-order valence-electron chi connectivity index (χ4n) is 2.62. The molecule has 0 bridgehead atoms. The molecule has 2 rings (SSSR count). The van der Waals surface area contributed by atoms with Crippen molar-refractivity contribution < 1.29 is 19.5 Å². The minimum absolute atomic E-state index is 0.0203. The number of aliphatic carboxylic acids is 1. The molecular formula is C20H21ClN2O4. The molecule has 0 saturated carbocycles. The predicted molar refractivity (Wildman–Crippen MR) is 105 cm³/mol. The molecule has 0 radical (unpaired) electrons. The van der Waals surface area contributed by atoms with Gasteiger partial charge < -0.3 is 15.7 Å². The van der Waals surface area contributed by atoms with Crippen molar-refractivity contribution in [2.24, 2.45) is 5.41 Å². The first-order valence-electron chi connectivity index (χ1n) is 8.34. The van der Waals surface area contributed by atoms with E-state index in [1.807, 2.05) is 0 Å². The molecule has 142 valence electrons. The van der Waals surface area contributed by atoms with Crippen molar-refractivity contribution >= 4 is 40.8 Å². The maximum absolute atomic E-state index is 12.6. The van der Waals surface area contributed by atoms with E-state index in [1.165, 1.54) is 0 Å². The van der Waals surface area contributed by atoms with Crippen molar-refractivity contribution in [3.8, 4) is 0 Å². The summed E-state index contributed by atoms with van der Waals surface area (Å²) in [6.07, 6.45) is -0.106. The first kappa shape index (κ1) is 20.5. The van der Waals surface area contributed by atoms with Gasteiger partial charge in [0.2, 0.25) is 5.91 Å². The Morgan fingerprint density at radius 2 is 1.59 bits per heavy atom. The second kappa shape index (κ2) is 8.68. The molecule has 27 heavy (non-hydrogen) atoms. The van der Waals surface area contributed by atoms with E-state index in [0.29, 0.717) is 22.0 Å². The number of carbonyl (C=O) groups excluding carboxylic acids is 2. The zero-order valence-corrected chi connectivity index (χ0v) is 15.8. The quantitative estimate of drug-likeness (QED) is 0.654. The van der Waals surface area contributed by atoms with Crippen LogP contribution in [-0.4, -0.2) is 22.9 Å². The largest absolute Gasteiger partial charge is 0.481 e. The van der Waals surface area contributed by atoms with E-state index in [1.54, 1.807) is 62.4 Å². The molecule has 0 aliphatic carbocycles. The highest BCUT2D eigenvalue weighted by molar-refractivity contribution is 6.30. The molecule has 0 unspecified atom stereocenters. The van der Waals surface area contributed by atoms with Gasteiger partial charge in [0, 0.05) is 17.1 Å². The van der Waals surface area contributed by atoms with Gasteiger partial charge in [0.1, 0.15) is 0 Å². The lowest BCUT2D eigenvalue weighted by molar-refractivity contribution is -0.139. The van der Waals surface area contributed by atoms with E-state index in [2.05, 4.69) is 10.6 Å². The van der Waals surface area contributed by atoms with Crippen molar-refractivity contribution in [1.29, 1.82) is 0 Å². The number of carbonyl (C=O) groups is 3. The molecule has 0 aliphatic rings. The number of halogens is 1. The van der Waals surface area contributed by atoms with Crippen molar-refractivity contribution in [1.82, 2.24) is 0 Å². The fourth-order valence-corrected chi connectivity index (χ4v) is 2.75. The van der Waals surface area contributed by atoms with E-state index in [4.69, 9.17) is 16.7 Å². The molecule has 2 aromatic carbocycles. The Kier molecular flexibility index (Phi) is 6.58. The molecule has 3 N–H and O–H groups in total. The van der Waals surface area contributed by atoms with E-state index in [-0.39, 0.29) is 24.7 Å². The lowest BCUT2D eigenvalue weighted by Crippen LogP contribution is -2.25. The monoisotopic (exact) mass is 388 g/mol. The molecule has 6 nitrogen and oxygen atoms in total. The molecule has 2 aromatic rings. The number of nitrogens with one attached hydrogen (secondary N) is 2. The van der Waals surface area contributed by atoms with Crippen LogP contribution in [-0.2, 0) is 9.59 Å². The van der Waals surface area contributed by atoms with Crippen LogP contribution in [0.1, 0.15) is 37.0 Å². The third-order valence-electron chi connectivity index (χ3n) is 3.82. The number of para-hydroxylation sites is 1. The number of amides is 2. The Morgan fingerprint density at radius 3 is 2.22 bits per heavy atom. The van der Waals surface area contributed by atoms with Crippen molar-refractivity contribution in [2.75, 3.05) is 10.6 Å². The summed E-state index contributed by atoms with van der Waals surface area (Å²) in [5, 5.41) is 14.9. The number of rotatable bonds is 7. The third kappa shape index (κ3) is 6.42. The van der Waals surface area contributed by atoms with Crippen LogP contribution in [0.15, 0.2) is 48.5 Å². The SMILES string of the molecule is CC(C)(CC(=O)O)CC(=O)Nc1ccccc1C(=O)Nc1ccc(Cl)cc1. The molecule has 2 amide bonds. The fraction of sp³-hybridized carbons (Fsp3) is 0.250.